The van der Waals surface area contributed by atoms with Crippen LogP contribution in [-0.4, -0.2) is 39.5 Å². The Labute approximate surface area is 121 Å². The van der Waals surface area contributed by atoms with Gasteiger partial charge in [-0.05, 0) is 31.6 Å². The number of H-pyrrole nitrogens is 2. The van der Waals surface area contributed by atoms with Crippen molar-refractivity contribution in [2.45, 2.75) is 44.6 Å². The van der Waals surface area contributed by atoms with E-state index in [2.05, 4.69) is 20.5 Å². The van der Waals surface area contributed by atoms with Crippen LogP contribution < -0.4 is 16.7 Å². The fourth-order valence-electron chi connectivity index (χ4n) is 2.70. The number of nitrogens with one attached hydrogen (secondary N) is 3. The van der Waals surface area contributed by atoms with E-state index in [1.165, 1.54) is 0 Å². The molecule has 0 bridgehead atoms. The lowest BCUT2D eigenvalue weighted by Gasteiger charge is -2.28. The van der Waals surface area contributed by atoms with E-state index in [4.69, 9.17) is 5.73 Å². The van der Waals surface area contributed by atoms with Gasteiger partial charge in [-0.2, -0.15) is 0 Å². The molecule has 2 rings (SSSR count). The number of nitrogens with zero attached hydrogens (tertiary/aromatic N) is 1. The van der Waals surface area contributed by atoms with E-state index in [1.807, 2.05) is 0 Å². The van der Waals surface area contributed by atoms with Crippen molar-refractivity contribution in [3.8, 4) is 0 Å². The summed E-state index contributed by atoms with van der Waals surface area (Å²) in [5.41, 5.74) is 4.87. The van der Waals surface area contributed by atoms with Gasteiger partial charge in [0.25, 0.3) is 0 Å². The lowest BCUT2D eigenvalue weighted by atomic mass is 9.83. The topological polar surface area (TPSA) is 134 Å². The zero-order valence-corrected chi connectivity index (χ0v) is 11.9. The van der Waals surface area contributed by atoms with Crippen LogP contribution >= 0.6 is 0 Å². The zero-order valence-electron chi connectivity index (χ0n) is 11.9. The Bertz CT molecular complexity index is 542. The second-order valence-corrected chi connectivity index (χ2v) is 5.48. The molecule has 1 amide bonds. The number of aromatic amines is 2. The van der Waals surface area contributed by atoms with Gasteiger partial charge in [0.15, 0.2) is 11.6 Å². The number of ketones is 1. The maximum atomic E-state index is 11.9. The van der Waals surface area contributed by atoms with Gasteiger partial charge < -0.3 is 11.1 Å². The normalized spacial score (nSPS) is 22.0. The van der Waals surface area contributed by atoms with Crippen LogP contribution in [0.15, 0.2) is 4.79 Å². The average Bonchev–Trinajstić information content (AvgIpc) is 2.88. The Morgan fingerprint density at radius 2 is 2.00 bits per heavy atom. The average molecular weight is 295 g/mol. The molecule has 0 aliphatic heterocycles. The highest BCUT2D eigenvalue weighted by molar-refractivity contribution is 5.92. The van der Waals surface area contributed by atoms with Crippen molar-refractivity contribution in [2.75, 3.05) is 6.54 Å². The van der Waals surface area contributed by atoms with Crippen molar-refractivity contribution in [3.63, 3.8) is 0 Å². The summed E-state index contributed by atoms with van der Waals surface area (Å²) in [6, 6.07) is 0.181. The molecule has 5 N–H and O–H groups in total. The summed E-state index contributed by atoms with van der Waals surface area (Å²) in [4.78, 5) is 36.7. The molecule has 8 heteroatoms. The number of amides is 1. The van der Waals surface area contributed by atoms with Crippen molar-refractivity contribution < 1.29 is 9.59 Å². The molecule has 1 fully saturated rings. The van der Waals surface area contributed by atoms with E-state index >= 15 is 0 Å². The second-order valence-electron chi connectivity index (χ2n) is 5.48. The summed E-state index contributed by atoms with van der Waals surface area (Å²) in [5, 5.41) is 8.79. The monoisotopic (exact) mass is 295 g/mol. The number of carbonyl (C=O) groups is 2. The van der Waals surface area contributed by atoms with Crippen LogP contribution in [0.2, 0.25) is 0 Å². The Morgan fingerprint density at radius 3 is 2.57 bits per heavy atom. The van der Waals surface area contributed by atoms with Crippen molar-refractivity contribution in [3.05, 3.63) is 16.3 Å². The van der Waals surface area contributed by atoms with Crippen molar-refractivity contribution >= 4 is 11.7 Å². The smallest absolute Gasteiger partial charge is 0.341 e. The molecular weight excluding hydrogens is 274 g/mol. The van der Waals surface area contributed by atoms with Crippen LogP contribution in [-0.2, 0) is 4.79 Å². The molecule has 0 spiro atoms. The molecule has 21 heavy (non-hydrogen) atoms. The minimum Gasteiger partial charge on any atom is -0.353 e. The van der Waals surface area contributed by atoms with Crippen LogP contribution in [0.1, 0.15) is 49.1 Å². The zero-order chi connectivity index (χ0) is 15.2. The molecule has 8 nitrogen and oxygen atoms in total. The molecule has 0 saturated heterocycles. The summed E-state index contributed by atoms with van der Waals surface area (Å²) in [5.74, 6) is 0.217. The molecule has 0 radical (unpaired) electrons. The lowest BCUT2D eigenvalue weighted by molar-refractivity contribution is -0.121. The van der Waals surface area contributed by atoms with Crippen molar-refractivity contribution in [1.29, 1.82) is 0 Å². The molecule has 116 valence electrons. The Hall–Kier alpha value is -1.96. The standard InChI is InChI=1S/C13H21N5O3/c14-6-5-11(20)15-9-3-1-8(2-4-9)7-10(19)12-16-13(21)18-17-12/h8-9H,1-7,14H2,(H,15,20)(H2,16,17,18,21). The number of Topliss-reactive ketones (excluding diaryl/α,β-unsaturated/α-hetero) is 1. The Kier molecular flexibility index (Phi) is 5.26. The summed E-state index contributed by atoms with van der Waals surface area (Å²) < 4.78 is 0. The molecule has 1 aliphatic carbocycles. The number of aromatic nitrogens is 3. The summed E-state index contributed by atoms with van der Waals surface area (Å²) in [7, 11) is 0. The van der Waals surface area contributed by atoms with Gasteiger partial charge in [-0.3, -0.25) is 14.6 Å². The van der Waals surface area contributed by atoms with Gasteiger partial charge in [0.1, 0.15) is 0 Å². The first-order valence-corrected chi connectivity index (χ1v) is 7.25. The summed E-state index contributed by atoms with van der Waals surface area (Å²) >= 11 is 0. The van der Waals surface area contributed by atoms with Gasteiger partial charge in [-0.25, -0.2) is 9.89 Å². The minimum absolute atomic E-state index is 0.00822. The van der Waals surface area contributed by atoms with Gasteiger partial charge >= 0.3 is 5.69 Å². The lowest BCUT2D eigenvalue weighted by Crippen LogP contribution is -2.38. The largest absolute Gasteiger partial charge is 0.353 e. The summed E-state index contributed by atoms with van der Waals surface area (Å²) in [6.45, 7) is 0.359. The van der Waals surface area contributed by atoms with Gasteiger partial charge in [-0.1, -0.05) is 0 Å². The van der Waals surface area contributed by atoms with Crippen LogP contribution in [0.25, 0.3) is 0 Å². The maximum Gasteiger partial charge on any atom is 0.341 e. The van der Waals surface area contributed by atoms with Gasteiger partial charge in [0.2, 0.25) is 5.91 Å². The Morgan fingerprint density at radius 1 is 1.29 bits per heavy atom. The molecular formula is C13H21N5O3. The highest BCUT2D eigenvalue weighted by atomic mass is 16.2. The highest BCUT2D eigenvalue weighted by Gasteiger charge is 2.25. The second kappa shape index (κ2) is 7.16. The number of nitrogens with two attached hydrogens (primary N) is 1. The SMILES string of the molecule is NCCC(=O)NC1CCC(CC(=O)c2n[nH]c(=O)[nH]2)CC1. The molecule has 1 saturated carbocycles. The third-order valence-corrected chi connectivity index (χ3v) is 3.82. The first kappa shape index (κ1) is 15.4. The molecule has 1 aromatic heterocycles. The van der Waals surface area contributed by atoms with E-state index < -0.39 is 5.69 Å². The van der Waals surface area contributed by atoms with E-state index in [0.29, 0.717) is 19.4 Å². The third-order valence-electron chi connectivity index (χ3n) is 3.82. The van der Waals surface area contributed by atoms with Crippen molar-refractivity contribution in [2.24, 2.45) is 11.7 Å². The number of hydrogen-bond donors (Lipinski definition) is 4. The number of carbonyl (C=O) groups excluding carboxylic acids is 2. The molecule has 0 atom stereocenters. The van der Waals surface area contributed by atoms with Crippen LogP contribution in [0.4, 0.5) is 0 Å². The molecule has 0 unspecified atom stereocenters. The molecule has 1 aromatic rings. The van der Waals surface area contributed by atoms with Gasteiger partial charge in [-0.15, -0.1) is 5.10 Å². The predicted molar refractivity (Wildman–Crippen MR) is 75.7 cm³/mol. The van der Waals surface area contributed by atoms with E-state index in [9.17, 15) is 14.4 Å². The Balaban J connectivity index is 1.75. The molecule has 1 heterocycles. The van der Waals surface area contributed by atoms with Crippen molar-refractivity contribution in [1.82, 2.24) is 20.5 Å². The number of rotatable bonds is 6. The fourth-order valence-corrected chi connectivity index (χ4v) is 2.70. The number of hydrogen-bond acceptors (Lipinski definition) is 5. The minimum atomic E-state index is -0.468. The van der Waals surface area contributed by atoms with E-state index in [0.717, 1.165) is 25.7 Å². The van der Waals surface area contributed by atoms with Crippen LogP contribution in [0, 0.1) is 5.92 Å². The third kappa shape index (κ3) is 4.52. The maximum absolute atomic E-state index is 11.9. The fraction of sp³-hybridized carbons (Fsp3) is 0.692. The highest BCUT2D eigenvalue weighted by Crippen LogP contribution is 2.27. The van der Waals surface area contributed by atoms with Crippen LogP contribution in [0.5, 0.6) is 0 Å². The molecule has 1 aliphatic rings. The quantitative estimate of drug-likeness (QED) is 0.534. The predicted octanol–water partition coefficient (Wildman–Crippen LogP) is -0.305. The van der Waals surface area contributed by atoms with E-state index in [-0.39, 0.29) is 29.5 Å². The van der Waals surface area contributed by atoms with Gasteiger partial charge in [0.05, 0.1) is 0 Å². The van der Waals surface area contributed by atoms with E-state index in [1.54, 1.807) is 0 Å². The molecule has 0 aromatic carbocycles. The first-order valence-electron chi connectivity index (χ1n) is 7.25. The first-order chi connectivity index (χ1) is 10.1. The summed E-state index contributed by atoms with van der Waals surface area (Å²) in [6.07, 6.45) is 4.23. The van der Waals surface area contributed by atoms with Crippen LogP contribution in [0.3, 0.4) is 0 Å². The van der Waals surface area contributed by atoms with Gasteiger partial charge in [0, 0.05) is 25.4 Å².